The van der Waals surface area contributed by atoms with Crippen molar-refractivity contribution in [3.05, 3.63) is 48.2 Å². The molecule has 0 spiro atoms. The number of benzene rings is 1. The maximum absolute atomic E-state index is 13.2. The van der Waals surface area contributed by atoms with Crippen LogP contribution in [0.25, 0.3) is 11.3 Å². The molecule has 1 nitrogen and oxygen atoms in total. The quantitative estimate of drug-likeness (QED) is 0.794. The third kappa shape index (κ3) is 2.08. The molecule has 1 aromatic heterocycles. The first-order valence-corrected chi connectivity index (χ1v) is 3.86. The number of aromatic nitrogens is 1. The van der Waals surface area contributed by atoms with Crippen molar-refractivity contribution >= 4 is 0 Å². The van der Waals surface area contributed by atoms with Gasteiger partial charge in [-0.2, -0.15) is 0 Å². The molecule has 75 valence electrons. The van der Waals surface area contributed by atoms with Crippen molar-refractivity contribution in [1.82, 2.24) is 4.98 Å². The second kappa shape index (κ2) is 4.49. The molecule has 14 heavy (non-hydrogen) atoms. The van der Waals surface area contributed by atoms with Crippen molar-refractivity contribution in [3.8, 4) is 11.3 Å². The minimum atomic E-state index is -0.562. The first kappa shape index (κ1) is 11.1. The van der Waals surface area contributed by atoms with Gasteiger partial charge in [-0.05, 0) is 24.3 Å². The Morgan fingerprint density at radius 2 is 1.86 bits per heavy atom. The number of nitrogens with one attached hydrogen (secondary N) is 1. The Morgan fingerprint density at radius 3 is 2.43 bits per heavy atom. The van der Waals surface area contributed by atoms with Gasteiger partial charge in [0.1, 0.15) is 11.6 Å². The van der Waals surface area contributed by atoms with Crippen molar-refractivity contribution in [2.45, 2.75) is 0 Å². The average Bonchev–Trinajstić information content (AvgIpc) is 2.56. The van der Waals surface area contributed by atoms with Crippen LogP contribution in [0.5, 0.6) is 0 Å². The van der Waals surface area contributed by atoms with Gasteiger partial charge in [0.25, 0.3) is 0 Å². The maximum Gasteiger partial charge on any atom is 0.135 e. The summed E-state index contributed by atoms with van der Waals surface area (Å²) in [4.78, 5) is 2.85. The van der Waals surface area contributed by atoms with Crippen LogP contribution in [-0.4, -0.2) is 4.98 Å². The van der Waals surface area contributed by atoms with E-state index in [2.05, 4.69) is 4.98 Å². The van der Waals surface area contributed by atoms with Crippen LogP contribution in [0.2, 0.25) is 0 Å². The summed E-state index contributed by atoms with van der Waals surface area (Å²) < 4.78 is 25.7. The molecule has 0 saturated heterocycles. The molecule has 0 saturated carbocycles. The molecule has 0 aliphatic carbocycles. The van der Waals surface area contributed by atoms with E-state index in [1.165, 1.54) is 12.1 Å². The van der Waals surface area contributed by atoms with E-state index < -0.39 is 11.6 Å². The molecule has 0 fully saturated rings. The Balaban J connectivity index is 0.000000980. The second-order valence-electron chi connectivity index (χ2n) is 2.71. The summed E-state index contributed by atoms with van der Waals surface area (Å²) >= 11 is 0. The summed E-state index contributed by atoms with van der Waals surface area (Å²) in [6, 6.07) is 7.01. The van der Waals surface area contributed by atoms with E-state index in [1.54, 1.807) is 18.3 Å². The van der Waals surface area contributed by atoms with E-state index in [1.807, 2.05) is 0 Å². The largest absolute Gasteiger partial charge is 0.361 e. The summed E-state index contributed by atoms with van der Waals surface area (Å²) in [7, 11) is 0. The van der Waals surface area contributed by atoms with Crippen LogP contribution in [0, 0.1) is 11.6 Å². The zero-order chi connectivity index (χ0) is 9.26. The van der Waals surface area contributed by atoms with Gasteiger partial charge in [0, 0.05) is 43.6 Å². The third-order valence-electron chi connectivity index (χ3n) is 1.82. The monoisotopic (exact) mass is 372 g/mol. The fourth-order valence-electron chi connectivity index (χ4n) is 1.21. The number of halogens is 2. The van der Waals surface area contributed by atoms with Gasteiger partial charge in [0.05, 0.1) is 0 Å². The SMILES string of the molecule is Fc1ccc(-c2ccc[nH]2)c(F)c1.[Ir]. The van der Waals surface area contributed by atoms with Gasteiger partial charge in [0.15, 0.2) is 0 Å². The summed E-state index contributed by atoms with van der Waals surface area (Å²) in [5.74, 6) is -1.12. The standard InChI is InChI=1S/C10H7F2N.Ir/c11-7-3-4-8(9(12)6-7)10-2-1-5-13-10;/h1-6,13H;. The molecule has 2 aromatic rings. The molecule has 1 radical (unpaired) electrons. The van der Waals surface area contributed by atoms with Gasteiger partial charge in [-0.15, -0.1) is 0 Å². The first-order valence-electron chi connectivity index (χ1n) is 3.86. The summed E-state index contributed by atoms with van der Waals surface area (Å²) in [6.07, 6.45) is 1.69. The van der Waals surface area contributed by atoms with Crippen LogP contribution < -0.4 is 0 Å². The molecule has 4 heteroatoms. The molecule has 1 aromatic carbocycles. The molecular weight excluding hydrogens is 364 g/mol. The molecule has 0 amide bonds. The minimum Gasteiger partial charge on any atom is -0.361 e. The molecule has 0 unspecified atom stereocenters. The van der Waals surface area contributed by atoms with E-state index in [0.717, 1.165) is 6.07 Å². The normalized spacial score (nSPS) is 9.57. The predicted molar refractivity (Wildman–Crippen MR) is 46.1 cm³/mol. The van der Waals surface area contributed by atoms with E-state index in [-0.39, 0.29) is 20.1 Å². The van der Waals surface area contributed by atoms with Gasteiger partial charge < -0.3 is 4.98 Å². The Hall–Kier alpha value is -0.991. The van der Waals surface area contributed by atoms with Crippen molar-refractivity contribution in [2.24, 2.45) is 0 Å². The molecule has 0 aliphatic heterocycles. The topological polar surface area (TPSA) is 15.8 Å². The molecule has 1 heterocycles. The Bertz CT molecular complexity index is 412. The predicted octanol–water partition coefficient (Wildman–Crippen LogP) is 2.96. The molecule has 0 aliphatic rings. The van der Waals surface area contributed by atoms with Crippen LogP contribution >= 0.6 is 0 Å². The zero-order valence-corrected chi connectivity index (χ0v) is 9.45. The van der Waals surface area contributed by atoms with Gasteiger partial charge in [-0.1, -0.05) is 0 Å². The van der Waals surface area contributed by atoms with Gasteiger partial charge in [0.2, 0.25) is 0 Å². The van der Waals surface area contributed by atoms with Gasteiger partial charge in [-0.3, -0.25) is 0 Å². The van der Waals surface area contributed by atoms with Crippen molar-refractivity contribution in [1.29, 1.82) is 0 Å². The fraction of sp³-hybridized carbons (Fsp3) is 0. The molecular formula is C10H7F2IrN. The zero-order valence-electron chi connectivity index (χ0n) is 7.05. The Labute approximate surface area is 93.5 Å². The summed E-state index contributed by atoms with van der Waals surface area (Å²) in [5.41, 5.74) is 1.03. The number of aromatic amines is 1. The Kier molecular flexibility index (Phi) is 3.55. The fourth-order valence-corrected chi connectivity index (χ4v) is 1.21. The number of hydrogen-bond donors (Lipinski definition) is 1. The molecule has 0 atom stereocenters. The van der Waals surface area contributed by atoms with E-state index in [9.17, 15) is 8.78 Å². The molecule has 0 bridgehead atoms. The van der Waals surface area contributed by atoms with Crippen molar-refractivity contribution in [2.75, 3.05) is 0 Å². The minimum absolute atomic E-state index is 0. The smallest absolute Gasteiger partial charge is 0.135 e. The van der Waals surface area contributed by atoms with Gasteiger partial charge in [-0.25, -0.2) is 8.78 Å². The van der Waals surface area contributed by atoms with Crippen LogP contribution in [0.4, 0.5) is 8.78 Å². The number of rotatable bonds is 1. The van der Waals surface area contributed by atoms with Crippen LogP contribution in [0.15, 0.2) is 36.5 Å². The number of H-pyrrole nitrogens is 1. The molecule has 2 rings (SSSR count). The van der Waals surface area contributed by atoms with E-state index in [0.29, 0.717) is 11.3 Å². The second-order valence-corrected chi connectivity index (χ2v) is 2.71. The van der Waals surface area contributed by atoms with E-state index >= 15 is 0 Å². The van der Waals surface area contributed by atoms with E-state index in [4.69, 9.17) is 0 Å². The average molecular weight is 371 g/mol. The summed E-state index contributed by atoms with van der Waals surface area (Å²) in [5, 5.41) is 0. The van der Waals surface area contributed by atoms with Crippen LogP contribution in [0.1, 0.15) is 0 Å². The Morgan fingerprint density at radius 1 is 1.07 bits per heavy atom. The van der Waals surface area contributed by atoms with Crippen LogP contribution in [-0.2, 0) is 20.1 Å². The van der Waals surface area contributed by atoms with Crippen LogP contribution in [0.3, 0.4) is 0 Å². The molecule has 1 N–H and O–H groups in total. The first-order chi connectivity index (χ1) is 6.27. The van der Waals surface area contributed by atoms with Crippen molar-refractivity contribution < 1.29 is 28.9 Å². The maximum atomic E-state index is 13.2. The van der Waals surface area contributed by atoms with Crippen molar-refractivity contribution in [3.63, 3.8) is 0 Å². The number of hydrogen-bond acceptors (Lipinski definition) is 0. The van der Waals surface area contributed by atoms with Gasteiger partial charge >= 0.3 is 0 Å². The third-order valence-corrected chi connectivity index (χ3v) is 1.82. The summed E-state index contributed by atoms with van der Waals surface area (Å²) in [6.45, 7) is 0.